The summed E-state index contributed by atoms with van der Waals surface area (Å²) < 4.78 is 15.7. The smallest absolute Gasteiger partial charge is 0.251 e. The van der Waals surface area contributed by atoms with Gasteiger partial charge in [0.15, 0.2) is 0 Å². The highest BCUT2D eigenvalue weighted by Gasteiger charge is 2.18. The van der Waals surface area contributed by atoms with E-state index >= 15 is 0 Å². The lowest BCUT2D eigenvalue weighted by Crippen LogP contribution is -2.31. The van der Waals surface area contributed by atoms with Crippen LogP contribution in [0.5, 0.6) is 0 Å². The molecule has 1 aliphatic rings. The van der Waals surface area contributed by atoms with E-state index in [1.165, 1.54) is 6.07 Å². The van der Waals surface area contributed by atoms with Crippen molar-refractivity contribution < 1.29 is 9.18 Å². The van der Waals surface area contributed by atoms with Crippen molar-refractivity contribution in [1.82, 2.24) is 15.1 Å². The minimum atomic E-state index is -0.311. The third-order valence-electron chi connectivity index (χ3n) is 4.99. The van der Waals surface area contributed by atoms with E-state index in [2.05, 4.69) is 26.1 Å². The SMILES string of the molecule is Cc1cc2n(n1)CCCN2Cc1ccc(C(=O)NCc2ccccc2F)cc1. The van der Waals surface area contributed by atoms with Crippen molar-refractivity contribution in [2.24, 2.45) is 0 Å². The second-order valence-electron chi connectivity index (χ2n) is 7.11. The van der Waals surface area contributed by atoms with Gasteiger partial charge >= 0.3 is 0 Å². The lowest BCUT2D eigenvalue weighted by Gasteiger charge is -2.29. The molecule has 0 spiro atoms. The third-order valence-corrected chi connectivity index (χ3v) is 4.99. The Balaban J connectivity index is 1.39. The number of fused-ring (bicyclic) bond motifs is 1. The fraction of sp³-hybridized carbons (Fsp3) is 0.273. The van der Waals surface area contributed by atoms with Crippen molar-refractivity contribution in [2.45, 2.75) is 33.0 Å². The fourth-order valence-electron chi connectivity index (χ4n) is 3.54. The Bertz CT molecular complexity index is 980. The first kappa shape index (κ1) is 18.2. The Morgan fingerprint density at radius 1 is 1.14 bits per heavy atom. The van der Waals surface area contributed by atoms with Crippen LogP contribution in [0.2, 0.25) is 0 Å². The number of nitrogens with zero attached hydrogens (tertiary/aromatic N) is 3. The van der Waals surface area contributed by atoms with Gasteiger partial charge in [-0.05, 0) is 37.1 Å². The van der Waals surface area contributed by atoms with Gasteiger partial charge in [0.1, 0.15) is 11.6 Å². The van der Waals surface area contributed by atoms with Crippen molar-refractivity contribution in [3.8, 4) is 0 Å². The minimum Gasteiger partial charge on any atom is -0.352 e. The van der Waals surface area contributed by atoms with E-state index in [9.17, 15) is 9.18 Å². The molecule has 4 rings (SSSR count). The summed E-state index contributed by atoms with van der Waals surface area (Å²) in [6.07, 6.45) is 1.07. The standard InChI is InChI=1S/C22H23FN4O/c1-16-13-21-26(11-4-12-27(21)25-16)15-17-7-9-18(10-8-17)22(28)24-14-19-5-2-3-6-20(19)23/h2-3,5-10,13H,4,11-12,14-15H2,1H3,(H,24,28). The number of rotatable bonds is 5. The zero-order valence-corrected chi connectivity index (χ0v) is 15.9. The summed E-state index contributed by atoms with van der Waals surface area (Å²) in [5, 5.41) is 7.30. The second-order valence-corrected chi connectivity index (χ2v) is 7.11. The Kier molecular flexibility index (Phi) is 5.10. The van der Waals surface area contributed by atoms with Crippen LogP contribution in [-0.4, -0.2) is 22.2 Å². The molecule has 28 heavy (non-hydrogen) atoms. The molecule has 1 aliphatic heterocycles. The minimum absolute atomic E-state index is 0.171. The number of benzene rings is 2. The van der Waals surface area contributed by atoms with Gasteiger partial charge in [-0.25, -0.2) is 9.07 Å². The number of halogens is 1. The van der Waals surface area contributed by atoms with Crippen LogP contribution in [0, 0.1) is 12.7 Å². The monoisotopic (exact) mass is 378 g/mol. The molecule has 6 heteroatoms. The van der Waals surface area contributed by atoms with Crippen molar-refractivity contribution in [3.05, 3.63) is 82.8 Å². The topological polar surface area (TPSA) is 50.2 Å². The number of aromatic nitrogens is 2. The van der Waals surface area contributed by atoms with Crippen LogP contribution in [0.15, 0.2) is 54.6 Å². The van der Waals surface area contributed by atoms with Gasteiger partial charge in [0, 0.05) is 43.4 Å². The fourth-order valence-corrected chi connectivity index (χ4v) is 3.54. The number of hydrogen-bond acceptors (Lipinski definition) is 3. The molecule has 2 heterocycles. The van der Waals surface area contributed by atoms with Crippen LogP contribution < -0.4 is 10.2 Å². The maximum Gasteiger partial charge on any atom is 0.251 e. The van der Waals surface area contributed by atoms with E-state index in [0.29, 0.717) is 11.1 Å². The van der Waals surface area contributed by atoms with Gasteiger partial charge in [0.25, 0.3) is 5.91 Å². The van der Waals surface area contributed by atoms with E-state index < -0.39 is 0 Å². The maximum absolute atomic E-state index is 13.7. The molecule has 1 amide bonds. The predicted octanol–water partition coefficient (Wildman–Crippen LogP) is 3.67. The van der Waals surface area contributed by atoms with Crippen LogP contribution in [0.3, 0.4) is 0 Å². The molecule has 0 bridgehead atoms. The molecule has 1 aromatic heterocycles. The van der Waals surface area contributed by atoms with E-state index in [4.69, 9.17) is 0 Å². The molecule has 1 N–H and O–H groups in total. The number of aryl methyl sites for hydroxylation is 2. The van der Waals surface area contributed by atoms with Crippen molar-refractivity contribution >= 4 is 11.7 Å². The average Bonchev–Trinajstić information content (AvgIpc) is 3.09. The Labute approximate surface area is 163 Å². The van der Waals surface area contributed by atoms with Gasteiger partial charge < -0.3 is 10.2 Å². The summed E-state index contributed by atoms with van der Waals surface area (Å²) >= 11 is 0. The summed E-state index contributed by atoms with van der Waals surface area (Å²) in [6, 6.07) is 16.2. The molecule has 0 unspecified atom stereocenters. The summed E-state index contributed by atoms with van der Waals surface area (Å²) in [6.45, 7) is 4.92. The predicted molar refractivity (Wildman–Crippen MR) is 107 cm³/mol. The van der Waals surface area contributed by atoms with E-state index in [1.54, 1.807) is 18.2 Å². The summed E-state index contributed by atoms with van der Waals surface area (Å²) in [5.74, 6) is 0.631. The Morgan fingerprint density at radius 2 is 1.93 bits per heavy atom. The molecular formula is C22H23FN4O. The third kappa shape index (κ3) is 3.91. The van der Waals surface area contributed by atoms with Crippen LogP contribution in [-0.2, 0) is 19.6 Å². The molecule has 0 atom stereocenters. The number of anilines is 1. The van der Waals surface area contributed by atoms with E-state index in [-0.39, 0.29) is 18.3 Å². The number of carbonyl (C=O) groups is 1. The molecule has 5 nitrogen and oxygen atoms in total. The number of carbonyl (C=O) groups excluding carboxylic acids is 1. The Morgan fingerprint density at radius 3 is 2.71 bits per heavy atom. The van der Waals surface area contributed by atoms with Gasteiger partial charge in [0.2, 0.25) is 0 Å². The number of hydrogen-bond donors (Lipinski definition) is 1. The van der Waals surface area contributed by atoms with Crippen LogP contribution in [0.1, 0.15) is 33.6 Å². The molecule has 2 aromatic carbocycles. The first-order chi connectivity index (χ1) is 13.6. The largest absolute Gasteiger partial charge is 0.352 e. The molecule has 0 saturated carbocycles. The molecule has 3 aromatic rings. The van der Waals surface area contributed by atoms with Crippen LogP contribution in [0.25, 0.3) is 0 Å². The molecule has 0 radical (unpaired) electrons. The van der Waals surface area contributed by atoms with Crippen molar-refractivity contribution in [1.29, 1.82) is 0 Å². The lowest BCUT2D eigenvalue weighted by molar-refractivity contribution is 0.0950. The van der Waals surface area contributed by atoms with Gasteiger partial charge in [-0.1, -0.05) is 30.3 Å². The van der Waals surface area contributed by atoms with Crippen LogP contribution >= 0.6 is 0 Å². The summed E-state index contributed by atoms with van der Waals surface area (Å²) in [5.41, 5.74) is 3.21. The van der Waals surface area contributed by atoms with Crippen molar-refractivity contribution in [3.63, 3.8) is 0 Å². The molecular weight excluding hydrogens is 355 g/mol. The van der Waals surface area contributed by atoms with Crippen molar-refractivity contribution in [2.75, 3.05) is 11.4 Å². The first-order valence-corrected chi connectivity index (χ1v) is 9.50. The molecule has 144 valence electrons. The normalized spacial score (nSPS) is 13.3. The van der Waals surface area contributed by atoms with Crippen LogP contribution in [0.4, 0.5) is 10.2 Å². The highest BCUT2D eigenvalue weighted by Crippen LogP contribution is 2.23. The first-order valence-electron chi connectivity index (χ1n) is 9.50. The Hall–Kier alpha value is -3.15. The number of amides is 1. The molecule has 0 saturated heterocycles. The van der Waals surface area contributed by atoms with E-state index in [1.807, 2.05) is 31.2 Å². The zero-order valence-electron chi connectivity index (χ0n) is 15.9. The number of nitrogens with one attached hydrogen (secondary N) is 1. The van der Waals surface area contributed by atoms with Gasteiger partial charge in [-0.3, -0.25) is 4.79 Å². The average molecular weight is 378 g/mol. The van der Waals surface area contributed by atoms with Gasteiger partial charge in [0.05, 0.1) is 5.69 Å². The maximum atomic E-state index is 13.7. The highest BCUT2D eigenvalue weighted by molar-refractivity contribution is 5.94. The van der Waals surface area contributed by atoms with Gasteiger partial charge in [-0.15, -0.1) is 0 Å². The molecule has 0 aliphatic carbocycles. The zero-order chi connectivity index (χ0) is 19.5. The second kappa shape index (κ2) is 7.84. The van der Waals surface area contributed by atoms with E-state index in [0.717, 1.165) is 43.1 Å². The van der Waals surface area contributed by atoms with Gasteiger partial charge in [-0.2, -0.15) is 5.10 Å². The summed E-state index contributed by atoms with van der Waals surface area (Å²) in [4.78, 5) is 14.7. The highest BCUT2D eigenvalue weighted by atomic mass is 19.1. The lowest BCUT2D eigenvalue weighted by atomic mass is 10.1. The molecule has 0 fully saturated rings. The summed E-state index contributed by atoms with van der Waals surface area (Å²) in [7, 11) is 0. The quantitative estimate of drug-likeness (QED) is 0.737.